The molecule has 2 nitrogen and oxygen atoms in total. The summed E-state index contributed by atoms with van der Waals surface area (Å²) < 4.78 is 2.14. The molecule has 2 heterocycles. The van der Waals surface area contributed by atoms with Gasteiger partial charge < -0.3 is 0 Å². The molecular weight excluding hydrogens is 228 g/mol. The van der Waals surface area contributed by atoms with Crippen LogP contribution in [0.25, 0.3) is 17.1 Å². The SMILES string of the molecule is Cc1cscc1-n1ccnc1-c1ccccc1. The summed E-state index contributed by atoms with van der Waals surface area (Å²) in [4.78, 5) is 4.45. The molecule has 0 aliphatic rings. The van der Waals surface area contributed by atoms with Gasteiger partial charge >= 0.3 is 0 Å². The highest BCUT2D eigenvalue weighted by atomic mass is 32.1. The number of hydrogen-bond donors (Lipinski definition) is 0. The highest BCUT2D eigenvalue weighted by molar-refractivity contribution is 7.08. The molecule has 0 saturated carbocycles. The summed E-state index contributed by atoms with van der Waals surface area (Å²) in [6, 6.07) is 10.3. The molecule has 0 bridgehead atoms. The zero-order chi connectivity index (χ0) is 11.7. The van der Waals surface area contributed by atoms with Crippen LogP contribution in [0.5, 0.6) is 0 Å². The molecule has 84 valence electrons. The number of benzene rings is 1. The lowest BCUT2D eigenvalue weighted by molar-refractivity contribution is 1.06. The average Bonchev–Trinajstić information content (AvgIpc) is 2.98. The Balaban J connectivity index is 2.16. The van der Waals surface area contributed by atoms with E-state index in [2.05, 4.69) is 39.4 Å². The molecule has 0 radical (unpaired) electrons. The lowest BCUT2D eigenvalue weighted by Gasteiger charge is -2.07. The Kier molecular flexibility index (Phi) is 2.53. The van der Waals surface area contributed by atoms with Crippen LogP contribution in [-0.4, -0.2) is 9.55 Å². The molecule has 0 saturated heterocycles. The molecular formula is C14H12N2S. The summed E-state index contributed by atoms with van der Waals surface area (Å²) in [5, 5.41) is 4.31. The van der Waals surface area contributed by atoms with Crippen LogP contribution >= 0.6 is 11.3 Å². The predicted molar refractivity (Wildman–Crippen MR) is 71.6 cm³/mol. The van der Waals surface area contributed by atoms with E-state index in [0.717, 1.165) is 11.4 Å². The molecule has 3 heteroatoms. The second-order valence-corrected chi connectivity index (χ2v) is 4.67. The molecule has 0 fully saturated rings. The first kappa shape index (κ1) is 10.3. The normalized spacial score (nSPS) is 10.6. The van der Waals surface area contributed by atoms with Gasteiger partial charge in [-0.05, 0) is 17.9 Å². The monoisotopic (exact) mass is 240 g/mol. The molecule has 3 aromatic rings. The third-order valence-electron chi connectivity index (χ3n) is 2.76. The fourth-order valence-corrected chi connectivity index (χ4v) is 2.72. The van der Waals surface area contributed by atoms with Crippen LogP contribution in [0.2, 0.25) is 0 Å². The highest BCUT2D eigenvalue weighted by Crippen LogP contribution is 2.25. The van der Waals surface area contributed by atoms with E-state index in [9.17, 15) is 0 Å². The molecule has 0 aliphatic carbocycles. The molecule has 0 atom stereocenters. The number of aryl methyl sites for hydroxylation is 1. The molecule has 0 N–H and O–H groups in total. The number of aromatic nitrogens is 2. The van der Waals surface area contributed by atoms with Crippen LogP contribution in [-0.2, 0) is 0 Å². The largest absolute Gasteiger partial charge is 0.299 e. The highest BCUT2D eigenvalue weighted by Gasteiger charge is 2.09. The van der Waals surface area contributed by atoms with Crippen molar-refractivity contribution in [2.24, 2.45) is 0 Å². The summed E-state index contributed by atoms with van der Waals surface area (Å²) in [6.07, 6.45) is 3.86. The van der Waals surface area contributed by atoms with Crippen LogP contribution in [0.3, 0.4) is 0 Å². The van der Waals surface area contributed by atoms with Gasteiger partial charge in [0.05, 0.1) is 5.69 Å². The maximum absolute atomic E-state index is 4.45. The van der Waals surface area contributed by atoms with Crippen LogP contribution < -0.4 is 0 Å². The zero-order valence-electron chi connectivity index (χ0n) is 9.50. The number of thiophene rings is 1. The fraction of sp³-hybridized carbons (Fsp3) is 0.0714. The van der Waals surface area contributed by atoms with Gasteiger partial charge in [-0.1, -0.05) is 30.3 Å². The first-order valence-corrected chi connectivity index (χ1v) is 6.42. The summed E-state index contributed by atoms with van der Waals surface area (Å²) in [7, 11) is 0. The van der Waals surface area contributed by atoms with Crippen molar-refractivity contribution >= 4 is 11.3 Å². The second-order valence-electron chi connectivity index (χ2n) is 3.93. The molecule has 17 heavy (non-hydrogen) atoms. The van der Waals surface area contributed by atoms with E-state index >= 15 is 0 Å². The lowest BCUT2D eigenvalue weighted by atomic mass is 10.2. The molecule has 2 aromatic heterocycles. The van der Waals surface area contributed by atoms with Crippen molar-refractivity contribution < 1.29 is 0 Å². The van der Waals surface area contributed by atoms with Crippen LogP contribution in [0.1, 0.15) is 5.56 Å². The van der Waals surface area contributed by atoms with Gasteiger partial charge in [-0.3, -0.25) is 4.57 Å². The van der Waals surface area contributed by atoms with Crippen molar-refractivity contribution in [3.05, 3.63) is 59.0 Å². The van der Waals surface area contributed by atoms with Crippen molar-refractivity contribution in [2.45, 2.75) is 6.92 Å². The van der Waals surface area contributed by atoms with Gasteiger partial charge in [0.25, 0.3) is 0 Å². The Bertz CT molecular complexity index is 622. The standard InChI is InChI=1S/C14H12N2S/c1-11-9-17-10-13(11)16-8-7-15-14(16)12-5-3-2-4-6-12/h2-10H,1H3. The van der Waals surface area contributed by atoms with E-state index in [0.29, 0.717) is 0 Å². The molecule has 0 amide bonds. The van der Waals surface area contributed by atoms with Gasteiger partial charge in [-0.25, -0.2) is 4.98 Å². The zero-order valence-corrected chi connectivity index (χ0v) is 10.3. The van der Waals surface area contributed by atoms with Crippen molar-refractivity contribution in [3.63, 3.8) is 0 Å². The number of imidazole rings is 1. The molecule has 0 aliphatic heterocycles. The average molecular weight is 240 g/mol. The van der Waals surface area contributed by atoms with Crippen molar-refractivity contribution in [1.29, 1.82) is 0 Å². The van der Waals surface area contributed by atoms with E-state index in [4.69, 9.17) is 0 Å². The minimum atomic E-state index is 0.993. The van der Waals surface area contributed by atoms with Gasteiger partial charge in [-0.2, -0.15) is 0 Å². The smallest absolute Gasteiger partial charge is 0.144 e. The van der Waals surface area contributed by atoms with Gasteiger partial charge in [0.2, 0.25) is 0 Å². The number of rotatable bonds is 2. The van der Waals surface area contributed by atoms with E-state index in [1.165, 1.54) is 11.3 Å². The fourth-order valence-electron chi connectivity index (χ4n) is 1.90. The van der Waals surface area contributed by atoms with Crippen molar-refractivity contribution in [1.82, 2.24) is 9.55 Å². The van der Waals surface area contributed by atoms with E-state index in [1.807, 2.05) is 30.6 Å². The predicted octanol–water partition coefficient (Wildman–Crippen LogP) is 3.91. The molecule has 1 aromatic carbocycles. The molecule has 0 spiro atoms. The minimum absolute atomic E-state index is 0.993. The Hall–Kier alpha value is -1.87. The van der Waals surface area contributed by atoms with Gasteiger partial charge in [-0.15, -0.1) is 11.3 Å². The van der Waals surface area contributed by atoms with Crippen LogP contribution in [0.4, 0.5) is 0 Å². The minimum Gasteiger partial charge on any atom is -0.299 e. The van der Waals surface area contributed by atoms with Gasteiger partial charge in [0.15, 0.2) is 0 Å². The Morgan fingerprint density at radius 2 is 1.94 bits per heavy atom. The summed E-state index contributed by atoms with van der Waals surface area (Å²) in [5.41, 5.74) is 3.64. The van der Waals surface area contributed by atoms with Crippen molar-refractivity contribution in [2.75, 3.05) is 0 Å². The maximum atomic E-state index is 4.45. The molecule has 3 rings (SSSR count). The third kappa shape index (κ3) is 1.78. The third-order valence-corrected chi connectivity index (χ3v) is 3.61. The quantitative estimate of drug-likeness (QED) is 0.664. The molecule has 0 unspecified atom stereocenters. The van der Waals surface area contributed by atoms with Crippen LogP contribution in [0.15, 0.2) is 53.5 Å². The van der Waals surface area contributed by atoms with Crippen LogP contribution in [0, 0.1) is 6.92 Å². The number of hydrogen-bond acceptors (Lipinski definition) is 2. The Morgan fingerprint density at radius 3 is 2.65 bits per heavy atom. The van der Waals surface area contributed by atoms with E-state index in [-0.39, 0.29) is 0 Å². The number of nitrogens with zero attached hydrogens (tertiary/aromatic N) is 2. The summed E-state index contributed by atoms with van der Waals surface area (Å²) in [5.74, 6) is 0.993. The van der Waals surface area contributed by atoms with E-state index in [1.54, 1.807) is 11.3 Å². The lowest BCUT2D eigenvalue weighted by Crippen LogP contribution is -1.96. The first-order valence-electron chi connectivity index (χ1n) is 5.48. The first-order chi connectivity index (χ1) is 8.36. The topological polar surface area (TPSA) is 17.8 Å². The van der Waals surface area contributed by atoms with Gasteiger partial charge in [0.1, 0.15) is 5.82 Å². The maximum Gasteiger partial charge on any atom is 0.144 e. The van der Waals surface area contributed by atoms with Gasteiger partial charge in [0, 0.05) is 23.3 Å². The van der Waals surface area contributed by atoms with Crippen molar-refractivity contribution in [3.8, 4) is 17.1 Å². The summed E-state index contributed by atoms with van der Waals surface area (Å²) in [6.45, 7) is 2.13. The Labute approximate surface area is 104 Å². The summed E-state index contributed by atoms with van der Waals surface area (Å²) >= 11 is 1.72. The Morgan fingerprint density at radius 1 is 1.12 bits per heavy atom. The van der Waals surface area contributed by atoms with E-state index < -0.39 is 0 Å². The second kappa shape index (κ2) is 4.18.